The summed E-state index contributed by atoms with van der Waals surface area (Å²) < 4.78 is 5.32. The summed E-state index contributed by atoms with van der Waals surface area (Å²) in [6, 6.07) is 12.5. The molecule has 2 amide bonds. The molecule has 2 aromatic rings. The van der Waals surface area contributed by atoms with Crippen molar-refractivity contribution in [2.45, 2.75) is 58.0 Å². The zero-order chi connectivity index (χ0) is 24.4. The van der Waals surface area contributed by atoms with Gasteiger partial charge in [-0.15, -0.1) is 11.8 Å². The number of nitrogens with one attached hydrogen (secondary N) is 1. The highest BCUT2D eigenvalue weighted by molar-refractivity contribution is 7.99. The molecule has 0 fully saturated rings. The number of thioether (sulfide) groups is 1. The Hall–Kier alpha value is -1.89. The first-order valence-corrected chi connectivity index (χ1v) is 12.9. The topological polar surface area (TPSA) is 58.6 Å². The lowest BCUT2D eigenvalue weighted by Crippen LogP contribution is -2.51. The smallest absolute Gasteiger partial charge is 0.243 e. The van der Waals surface area contributed by atoms with Crippen LogP contribution in [-0.2, 0) is 21.9 Å². The van der Waals surface area contributed by atoms with Gasteiger partial charge < -0.3 is 15.0 Å². The number of ether oxygens (including phenoxy) is 1. The van der Waals surface area contributed by atoms with Crippen LogP contribution in [0, 0.1) is 0 Å². The van der Waals surface area contributed by atoms with Crippen molar-refractivity contribution in [3.63, 3.8) is 0 Å². The van der Waals surface area contributed by atoms with Crippen molar-refractivity contribution in [2.24, 2.45) is 0 Å². The standard InChI is InChI=1S/C25H32Cl2N2O3S/c1-5-17(3)28-25(31)23(6-2)29(14-18-8-7-9-20(12-18)32-4)24(30)16-33-15-19-10-11-21(26)22(27)13-19/h7-13,17,23H,5-6,14-16H2,1-4H3,(H,28,31)/t17-,23-/m0/s1. The Morgan fingerprint density at radius 3 is 2.45 bits per heavy atom. The average molecular weight is 512 g/mol. The minimum Gasteiger partial charge on any atom is -0.497 e. The monoisotopic (exact) mass is 510 g/mol. The molecule has 0 aliphatic rings. The number of benzene rings is 2. The number of methoxy groups -OCH3 is 1. The third kappa shape index (κ3) is 8.43. The van der Waals surface area contributed by atoms with Crippen LogP contribution in [0.1, 0.15) is 44.7 Å². The molecule has 0 saturated carbocycles. The second kappa shape index (κ2) is 13.7. The summed E-state index contributed by atoms with van der Waals surface area (Å²) in [6.45, 7) is 6.24. The van der Waals surface area contributed by atoms with E-state index >= 15 is 0 Å². The van der Waals surface area contributed by atoms with Crippen molar-refractivity contribution >= 4 is 46.8 Å². The molecule has 33 heavy (non-hydrogen) atoms. The van der Waals surface area contributed by atoms with Crippen LogP contribution in [0.2, 0.25) is 10.0 Å². The summed E-state index contributed by atoms with van der Waals surface area (Å²) in [5.74, 6) is 1.36. The van der Waals surface area contributed by atoms with Crippen LogP contribution in [-0.4, -0.2) is 41.7 Å². The molecule has 2 rings (SSSR count). The number of carbonyl (C=O) groups excluding carboxylic acids is 2. The molecular formula is C25H32Cl2N2O3S. The Balaban J connectivity index is 2.17. The van der Waals surface area contributed by atoms with E-state index in [0.717, 1.165) is 17.5 Å². The highest BCUT2D eigenvalue weighted by atomic mass is 35.5. The molecule has 0 bridgehead atoms. The van der Waals surface area contributed by atoms with E-state index < -0.39 is 6.04 Å². The van der Waals surface area contributed by atoms with Gasteiger partial charge in [-0.05, 0) is 55.2 Å². The summed E-state index contributed by atoms with van der Waals surface area (Å²) in [4.78, 5) is 28.0. The van der Waals surface area contributed by atoms with Crippen LogP contribution in [0.3, 0.4) is 0 Å². The van der Waals surface area contributed by atoms with Gasteiger partial charge in [0, 0.05) is 18.3 Å². The van der Waals surface area contributed by atoms with Crippen molar-refractivity contribution in [1.29, 1.82) is 0 Å². The van der Waals surface area contributed by atoms with Gasteiger partial charge in [0.1, 0.15) is 11.8 Å². The van der Waals surface area contributed by atoms with Gasteiger partial charge in [0.05, 0.1) is 22.9 Å². The zero-order valence-electron chi connectivity index (χ0n) is 19.6. The third-order valence-electron chi connectivity index (χ3n) is 5.35. The average Bonchev–Trinajstić information content (AvgIpc) is 2.81. The summed E-state index contributed by atoms with van der Waals surface area (Å²) >= 11 is 13.6. The molecule has 0 spiro atoms. The highest BCUT2D eigenvalue weighted by Crippen LogP contribution is 2.25. The van der Waals surface area contributed by atoms with E-state index in [-0.39, 0.29) is 23.6 Å². The quantitative estimate of drug-likeness (QED) is 0.382. The van der Waals surface area contributed by atoms with E-state index in [9.17, 15) is 9.59 Å². The predicted octanol–water partition coefficient (Wildman–Crippen LogP) is 5.96. The largest absolute Gasteiger partial charge is 0.497 e. The number of hydrogen-bond donors (Lipinski definition) is 1. The van der Waals surface area contributed by atoms with Crippen molar-refractivity contribution in [3.05, 3.63) is 63.6 Å². The van der Waals surface area contributed by atoms with Crippen molar-refractivity contribution in [1.82, 2.24) is 10.2 Å². The minimum absolute atomic E-state index is 0.0457. The fraction of sp³-hybridized carbons (Fsp3) is 0.440. The fourth-order valence-electron chi connectivity index (χ4n) is 3.30. The van der Waals surface area contributed by atoms with E-state index in [1.807, 2.05) is 57.2 Å². The van der Waals surface area contributed by atoms with Gasteiger partial charge in [0.15, 0.2) is 0 Å². The molecule has 8 heteroatoms. The first-order valence-electron chi connectivity index (χ1n) is 11.0. The van der Waals surface area contributed by atoms with Gasteiger partial charge in [-0.3, -0.25) is 9.59 Å². The molecule has 0 unspecified atom stereocenters. The van der Waals surface area contributed by atoms with Gasteiger partial charge in [0.2, 0.25) is 11.8 Å². The van der Waals surface area contributed by atoms with E-state index in [4.69, 9.17) is 27.9 Å². The molecule has 1 N–H and O–H groups in total. The van der Waals surface area contributed by atoms with Crippen molar-refractivity contribution < 1.29 is 14.3 Å². The lowest BCUT2D eigenvalue weighted by Gasteiger charge is -2.31. The summed E-state index contributed by atoms with van der Waals surface area (Å²) in [5.41, 5.74) is 1.90. The second-order valence-corrected chi connectivity index (χ2v) is 9.66. The molecule has 0 aliphatic heterocycles. The van der Waals surface area contributed by atoms with Gasteiger partial charge in [0.25, 0.3) is 0 Å². The van der Waals surface area contributed by atoms with E-state index in [1.54, 1.807) is 18.1 Å². The number of halogens is 2. The number of amides is 2. The maximum absolute atomic E-state index is 13.3. The molecule has 5 nitrogen and oxygen atoms in total. The number of carbonyl (C=O) groups is 2. The van der Waals surface area contributed by atoms with Crippen LogP contribution in [0.15, 0.2) is 42.5 Å². The Bertz CT molecular complexity index is 942. The number of nitrogens with zero attached hydrogens (tertiary/aromatic N) is 1. The van der Waals surface area contributed by atoms with E-state index in [1.165, 1.54) is 11.8 Å². The summed E-state index contributed by atoms with van der Waals surface area (Å²) in [6.07, 6.45) is 1.35. The van der Waals surface area contributed by atoms with Gasteiger partial charge in [-0.1, -0.05) is 55.2 Å². The molecule has 180 valence electrons. The third-order valence-corrected chi connectivity index (χ3v) is 7.08. The van der Waals surface area contributed by atoms with Crippen LogP contribution in [0.4, 0.5) is 0 Å². The zero-order valence-corrected chi connectivity index (χ0v) is 21.9. The molecule has 0 aliphatic carbocycles. The molecule has 0 radical (unpaired) electrons. The Morgan fingerprint density at radius 1 is 1.06 bits per heavy atom. The summed E-state index contributed by atoms with van der Waals surface area (Å²) in [7, 11) is 1.61. The minimum atomic E-state index is -0.553. The van der Waals surface area contributed by atoms with Crippen LogP contribution in [0.25, 0.3) is 0 Å². The molecular weight excluding hydrogens is 479 g/mol. The highest BCUT2D eigenvalue weighted by Gasteiger charge is 2.29. The molecule has 0 heterocycles. The van der Waals surface area contributed by atoms with Gasteiger partial charge in [-0.25, -0.2) is 0 Å². The Morgan fingerprint density at radius 2 is 1.82 bits per heavy atom. The van der Waals surface area contributed by atoms with E-state index in [0.29, 0.717) is 34.5 Å². The SMILES string of the molecule is CC[C@H](C)NC(=O)[C@H](CC)N(Cc1cccc(OC)c1)C(=O)CSCc1ccc(Cl)c(Cl)c1. The normalized spacial score (nSPS) is 12.7. The van der Waals surface area contributed by atoms with E-state index in [2.05, 4.69) is 5.32 Å². The van der Waals surface area contributed by atoms with Crippen LogP contribution in [0.5, 0.6) is 5.75 Å². The predicted molar refractivity (Wildman–Crippen MR) is 138 cm³/mol. The first-order chi connectivity index (χ1) is 15.8. The fourth-order valence-corrected chi connectivity index (χ4v) is 4.48. The lowest BCUT2D eigenvalue weighted by atomic mass is 10.1. The Labute approximate surface area is 211 Å². The van der Waals surface area contributed by atoms with Crippen LogP contribution >= 0.6 is 35.0 Å². The lowest BCUT2D eigenvalue weighted by molar-refractivity contribution is -0.139. The number of hydrogen-bond acceptors (Lipinski definition) is 4. The van der Waals surface area contributed by atoms with Crippen molar-refractivity contribution in [2.75, 3.05) is 12.9 Å². The first kappa shape index (κ1) is 27.4. The maximum atomic E-state index is 13.3. The maximum Gasteiger partial charge on any atom is 0.243 e. The van der Waals surface area contributed by atoms with Crippen LogP contribution < -0.4 is 10.1 Å². The molecule has 2 atom stereocenters. The molecule has 0 saturated heterocycles. The second-order valence-electron chi connectivity index (χ2n) is 7.86. The van der Waals surface area contributed by atoms with Gasteiger partial charge in [-0.2, -0.15) is 0 Å². The molecule has 0 aromatic heterocycles. The Kier molecular flexibility index (Phi) is 11.4. The summed E-state index contributed by atoms with van der Waals surface area (Å²) in [5, 5.41) is 4.02. The number of rotatable bonds is 12. The van der Waals surface area contributed by atoms with Gasteiger partial charge >= 0.3 is 0 Å². The van der Waals surface area contributed by atoms with Crippen molar-refractivity contribution in [3.8, 4) is 5.75 Å². The molecule has 2 aromatic carbocycles.